The number of nitrogens with one attached hydrogen (secondary N) is 1. The summed E-state index contributed by atoms with van der Waals surface area (Å²) < 4.78 is 11.1. The largest absolute Gasteiger partial charge is 0.495 e. The van der Waals surface area contributed by atoms with Crippen molar-refractivity contribution in [3.05, 3.63) is 64.8 Å². The number of carbonyl (C=O) groups excluding carboxylic acids is 1. The van der Waals surface area contributed by atoms with Crippen molar-refractivity contribution >= 4 is 34.2 Å². The highest BCUT2D eigenvalue weighted by atomic mass is 35.5. The Hall–Kier alpha value is -3.30. The lowest BCUT2D eigenvalue weighted by Crippen LogP contribution is -2.11. The number of aromatic nitrogens is 5. The molecule has 29 heavy (non-hydrogen) atoms. The highest BCUT2D eigenvalue weighted by Crippen LogP contribution is 2.28. The number of anilines is 1. The van der Waals surface area contributed by atoms with Gasteiger partial charge >= 0.3 is 0 Å². The average molecular weight is 427 g/mol. The summed E-state index contributed by atoms with van der Waals surface area (Å²) in [6.07, 6.45) is 0. The smallest absolute Gasteiger partial charge is 0.257 e. The third kappa shape index (κ3) is 3.82. The molecule has 0 unspecified atom stereocenters. The van der Waals surface area contributed by atoms with Crippen molar-refractivity contribution in [2.45, 2.75) is 6.92 Å². The number of hydrogen-bond donors (Lipinski definition) is 1. The average Bonchev–Trinajstić information content (AvgIpc) is 3.34. The van der Waals surface area contributed by atoms with E-state index in [1.807, 2.05) is 19.1 Å². The van der Waals surface area contributed by atoms with E-state index < -0.39 is 0 Å². The molecule has 1 N–H and O–H groups in total. The molecular formula is C19H15ClN6O2S. The molecule has 0 fully saturated rings. The molecule has 2 aromatic carbocycles. The Labute approximate surface area is 175 Å². The standard InChI is InChI=1S/C19H15ClN6O2S/c1-11-16(23-25-26(11)13-8-9-15(28-2)14(20)10-13)17-21-19(29-24-17)22-18(27)12-6-4-3-5-7-12/h3-10H,1-2H3,(H,21,22,24,27). The van der Waals surface area contributed by atoms with E-state index in [0.29, 0.717) is 33.0 Å². The quantitative estimate of drug-likeness (QED) is 0.518. The van der Waals surface area contributed by atoms with Gasteiger partial charge in [0.05, 0.1) is 23.5 Å². The Kier molecular flexibility index (Phi) is 5.24. The summed E-state index contributed by atoms with van der Waals surface area (Å²) in [5.41, 5.74) is 2.54. The van der Waals surface area contributed by atoms with Gasteiger partial charge in [0.25, 0.3) is 5.91 Å². The fourth-order valence-corrected chi connectivity index (χ4v) is 3.52. The molecule has 0 saturated heterocycles. The van der Waals surface area contributed by atoms with Crippen molar-refractivity contribution in [1.29, 1.82) is 0 Å². The number of methoxy groups -OCH3 is 1. The first-order chi connectivity index (χ1) is 14.1. The molecule has 0 atom stereocenters. The van der Waals surface area contributed by atoms with Gasteiger partial charge in [0, 0.05) is 17.1 Å². The van der Waals surface area contributed by atoms with E-state index in [1.165, 1.54) is 0 Å². The van der Waals surface area contributed by atoms with Gasteiger partial charge in [0.1, 0.15) is 5.75 Å². The van der Waals surface area contributed by atoms with E-state index in [1.54, 1.807) is 48.2 Å². The van der Waals surface area contributed by atoms with Crippen LogP contribution in [0.15, 0.2) is 48.5 Å². The lowest BCUT2D eigenvalue weighted by atomic mass is 10.2. The van der Waals surface area contributed by atoms with Crippen molar-refractivity contribution in [3.63, 3.8) is 0 Å². The highest BCUT2D eigenvalue weighted by Gasteiger charge is 2.18. The van der Waals surface area contributed by atoms with Crippen molar-refractivity contribution in [3.8, 4) is 23.0 Å². The number of rotatable bonds is 5. The zero-order valence-electron chi connectivity index (χ0n) is 15.5. The lowest BCUT2D eigenvalue weighted by molar-refractivity contribution is 0.102. The van der Waals surface area contributed by atoms with Gasteiger partial charge in [-0.15, -0.1) is 5.10 Å². The minimum Gasteiger partial charge on any atom is -0.495 e. The molecule has 2 heterocycles. The fourth-order valence-electron chi connectivity index (χ4n) is 2.70. The summed E-state index contributed by atoms with van der Waals surface area (Å²) in [7, 11) is 1.56. The molecule has 8 nitrogen and oxygen atoms in total. The topological polar surface area (TPSA) is 94.8 Å². The number of carbonyl (C=O) groups is 1. The molecule has 0 saturated carbocycles. The van der Waals surface area contributed by atoms with Crippen LogP contribution in [0.25, 0.3) is 17.2 Å². The lowest BCUT2D eigenvalue weighted by Gasteiger charge is -2.07. The number of nitrogens with zero attached hydrogens (tertiary/aromatic N) is 5. The van der Waals surface area contributed by atoms with Gasteiger partial charge in [0.2, 0.25) is 5.13 Å². The van der Waals surface area contributed by atoms with Gasteiger partial charge in [-0.1, -0.05) is 35.0 Å². The zero-order chi connectivity index (χ0) is 20.4. The molecule has 0 aliphatic carbocycles. The Bertz CT molecular complexity index is 1170. The molecule has 0 aliphatic heterocycles. The summed E-state index contributed by atoms with van der Waals surface area (Å²) in [5.74, 6) is 0.719. The number of hydrogen-bond acceptors (Lipinski definition) is 7. The molecule has 0 bridgehead atoms. The van der Waals surface area contributed by atoms with Gasteiger partial charge < -0.3 is 4.74 Å². The first kappa shape index (κ1) is 19.0. The van der Waals surface area contributed by atoms with Gasteiger partial charge in [-0.3, -0.25) is 10.1 Å². The van der Waals surface area contributed by atoms with E-state index in [2.05, 4.69) is 25.0 Å². The van der Waals surface area contributed by atoms with Crippen LogP contribution in [0, 0.1) is 6.92 Å². The van der Waals surface area contributed by atoms with Crippen molar-refractivity contribution in [2.24, 2.45) is 0 Å². The Morgan fingerprint density at radius 1 is 1.21 bits per heavy atom. The first-order valence-electron chi connectivity index (χ1n) is 8.53. The van der Waals surface area contributed by atoms with Crippen LogP contribution in [0.3, 0.4) is 0 Å². The number of amides is 1. The minimum atomic E-state index is -0.249. The summed E-state index contributed by atoms with van der Waals surface area (Å²) in [6, 6.07) is 14.2. The van der Waals surface area contributed by atoms with Crippen LogP contribution in [0.2, 0.25) is 5.02 Å². The summed E-state index contributed by atoms with van der Waals surface area (Å²) >= 11 is 7.29. The second kappa shape index (κ2) is 7.98. The molecule has 146 valence electrons. The van der Waals surface area contributed by atoms with Crippen LogP contribution in [-0.2, 0) is 0 Å². The summed E-state index contributed by atoms with van der Waals surface area (Å²) in [4.78, 5) is 16.6. The van der Waals surface area contributed by atoms with E-state index in [9.17, 15) is 4.79 Å². The third-order valence-corrected chi connectivity index (χ3v) is 5.09. The maximum absolute atomic E-state index is 12.3. The molecule has 0 spiro atoms. The van der Waals surface area contributed by atoms with Crippen molar-refractivity contribution in [1.82, 2.24) is 24.4 Å². The van der Waals surface area contributed by atoms with Gasteiger partial charge in [0.15, 0.2) is 11.5 Å². The van der Waals surface area contributed by atoms with Crippen LogP contribution in [0.5, 0.6) is 5.75 Å². The Balaban J connectivity index is 1.57. The molecule has 0 aliphatic rings. The number of benzene rings is 2. The Morgan fingerprint density at radius 2 is 2.00 bits per heavy atom. The molecule has 4 aromatic rings. The Morgan fingerprint density at radius 3 is 2.72 bits per heavy atom. The number of ether oxygens (including phenoxy) is 1. The predicted molar refractivity (Wildman–Crippen MR) is 111 cm³/mol. The predicted octanol–water partition coefficient (Wildman–Crippen LogP) is 4.01. The second-order valence-electron chi connectivity index (χ2n) is 6.00. The van der Waals surface area contributed by atoms with E-state index in [-0.39, 0.29) is 5.91 Å². The molecular weight excluding hydrogens is 412 g/mol. The van der Waals surface area contributed by atoms with Crippen molar-refractivity contribution in [2.75, 3.05) is 12.4 Å². The molecule has 10 heteroatoms. The van der Waals surface area contributed by atoms with Crippen molar-refractivity contribution < 1.29 is 9.53 Å². The fraction of sp³-hybridized carbons (Fsp3) is 0.105. The van der Waals surface area contributed by atoms with Crippen LogP contribution < -0.4 is 10.1 Å². The zero-order valence-corrected chi connectivity index (χ0v) is 17.0. The van der Waals surface area contributed by atoms with Gasteiger partial charge in [-0.05, 0) is 37.3 Å². The van der Waals surface area contributed by atoms with Gasteiger partial charge in [-0.2, -0.15) is 9.36 Å². The highest BCUT2D eigenvalue weighted by molar-refractivity contribution is 7.10. The minimum absolute atomic E-state index is 0.249. The molecule has 1 amide bonds. The molecule has 4 rings (SSSR count). The summed E-state index contributed by atoms with van der Waals surface area (Å²) in [5, 5.41) is 12.0. The van der Waals surface area contributed by atoms with Gasteiger partial charge in [-0.25, -0.2) is 4.68 Å². The van der Waals surface area contributed by atoms with Crippen LogP contribution in [0.4, 0.5) is 5.13 Å². The third-order valence-electron chi connectivity index (χ3n) is 4.17. The van der Waals surface area contributed by atoms with Crippen LogP contribution in [-0.4, -0.2) is 37.4 Å². The monoisotopic (exact) mass is 426 g/mol. The maximum atomic E-state index is 12.3. The van der Waals surface area contributed by atoms with Crippen LogP contribution >= 0.6 is 23.1 Å². The van der Waals surface area contributed by atoms with Crippen LogP contribution in [0.1, 0.15) is 16.1 Å². The van der Waals surface area contributed by atoms with E-state index in [4.69, 9.17) is 16.3 Å². The normalized spacial score (nSPS) is 10.7. The second-order valence-corrected chi connectivity index (χ2v) is 7.16. The SMILES string of the molecule is COc1ccc(-n2nnc(-c3nsc(NC(=O)c4ccccc4)n3)c2C)cc1Cl. The van der Waals surface area contributed by atoms with E-state index in [0.717, 1.165) is 22.9 Å². The number of halogens is 1. The maximum Gasteiger partial charge on any atom is 0.257 e. The first-order valence-corrected chi connectivity index (χ1v) is 9.68. The molecule has 0 radical (unpaired) electrons. The van der Waals surface area contributed by atoms with E-state index >= 15 is 0 Å². The molecule has 2 aromatic heterocycles. The summed E-state index contributed by atoms with van der Waals surface area (Å²) in [6.45, 7) is 1.86.